The van der Waals surface area contributed by atoms with Crippen molar-refractivity contribution in [3.8, 4) is 5.75 Å². The van der Waals surface area contributed by atoms with Crippen molar-refractivity contribution in [2.75, 3.05) is 26.8 Å². The van der Waals surface area contributed by atoms with E-state index >= 15 is 0 Å². The van der Waals surface area contributed by atoms with Crippen LogP contribution in [-0.4, -0.2) is 48.3 Å². The number of aliphatic hydroxyl groups is 1. The third-order valence-corrected chi connectivity index (χ3v) is 5.26. The van der Waals surface area contributed by atoms with E-state index in [-0.39, 0.29) is 12.5 Å². The van der Waals surface area contributed by atoms with Crippen LogP contribution >= 0.6 is 11.6 Å². The second-order valence-corrected chi connectivity index (χ2v) is 7.68. The Balaban J connectivity index is 1.58. The Morgan fingerprint density at radius 2 is 1.96 bits per heavy atom. The van der Waals surface area contributed by atoms with Gasteiger partial charge in [-0.3, -0.25) is 4.79 Å². The molecular weight excluding hydrogens is 378 g/mol. The minimum atomic E-state index is -0.959. The lowest BCUT2D eigenvalue weighted by Crippen LogP contribution is -2.38. The number of nitrogens with zero attached hydrogens (tertiary/aromatic N) is 1. The molecule has 1 N–H and O–H groups in total. The van der Waals surface area contributed by atoms with Gasteiger partial charge in [0.15, 0.2) is 0 Å². The van der Waals surface area contributed by atoms with Gasteiger partial charge in [-0.25, -0.2) is 0 Å². The van der Waals surface area contributed by atoms with Crippen LogP contribution in [0.25, 0.3) is 0 Å². The maximum Gasteiger partial charge on any atom is 0.253 e. The summed E-state index contributed by atoms with van der Waals surface area (Å²) in [7, 11) is 1.65. The molecule has 3 rings (SSSR count). The van der Waals surface area contributed by atoms with Crippen LogP contribution in [0.5, 0.6) is 5.75 Å². The molecular formula is C22H26ClNO4. The first-order chi connectivity index (χ1) is 13.5. The van der Waals surface area contributed by atoms with Crippen LogP contribution in [0, 0.1) is 0 Å². The summed E-state index contributed by atoms with van der Waals surface area (Å²) in [4.78, 5) is 14.6. The van der Waals surface area contributed by atoms with Gasteiger partial charge in [-0.2, -0.15) is 0 Å². The minimum absolute atomic E-state index is 0.0102. The van der Waals surface area contributed by atoms with Crippen LogP contribution in [0.1, 0.15) is 35.2 Å². The predicted molar refractivity (Wildman–Crippen MR) is 109 cm³/mol. The number of hydrogen-bond acceptors (Lipinski definition) is 4. The average molecular weight is 404 g/mol. The van der Waals surface area contributed by atoms with Gasteiger partial charge >= 0.3 is 0 Å². The predicted octanol–water partition coefficient (Wildman–Crippen LogP) is 3.92. The molecule has 28 heavy (non-hydrogen) atoms. The highest BCUT2D eigenvalue weighted by Gasteiger charge is 2.32. The fourth-order valence-corrected chi connectivity index (χ4v) is 3.57. The Kier molecular flexibility index (Phi) is 6.94. The zero-order chi connectivity index (χ0) is 20.0. The van der Waals surface area contributed by atoms with Gasteiger partial charge in [-0.15, -0.1) is 0 Å². The number of ether oxygens (including phenoxy) is 2. The van der Waals surface area contributed by atoms with Gasteiger partial charge in [-0.1, -0.05) is 29.8 Å². The fraction of sp³-hybridized carbons (Fsp3) is 0.409. The highest BCUT2D eigenvalue weighted by Crippen LogP contribution is 2.26. The van der Waals surface area contributed by atoms with E-state index in [2.05, 4.69) is 0 Å². The molecule has 0 spiro atoms. The number of methoxy groups -OCH3 is 1. The van der Waals surface area contributed by atoms with E-state index in [4.69, 9.17) is 21.1 Å². The molecule has 1 aliphatic rings. The number of likely N-dealkylation sites (tertiary alicyclic amines) is 1. The van der Waals surface area contributed by atoms with E-state index in [0.717, 1.165) is 12.0 Å². The van der Waals surface area contributed by atoms with Crippen LogP contribution < -0.4 is 4.74 Å². The first-order valence-electron chi connectivity index (χ1n) is 9.47. The molecule has 0 radical (unpaired) electrons. The third kappa shape index (κ3) is 5.47. The average Bonchev–Trinajstić information content (AvgIpc) is 2.89. The van der Waals surface area contributed by atoms with Gasteiger partial charge < -0.3 is 19.5 Å². The van der Waals surface area contributed by atoms with Crippen LogP contribution in [0.15, 0.2) is 48.5 Å². The fourth-order valence-electron chi connectivity index (χ4n) is 3.39. The molecule has 1 heterocycles. The van der Waals surface area contributed by atoms with Crippen molar-refractivity contribution >= 4 is 17.5 Å². The lowest BCUT2D eigenvalue weighted by Gasteiger charge is -2.27. The highest BCUT2D eigenvalue weighted by atomic mass is 35.5. The smallest absolute Gasteiger partial charge is 0.253 e. The van der Waals surface area contributed by atoms with Crippen LogP contribution in [-0.2, 0) is 11.3 Å². The molecule has 0 saturated carbocycles. The second kappa shape index (κ2) is 9.41. The minimum Gasteiger partial charge on any atom is -0.491 e. The number of carbonyl (C=O) groups excluding carboxylic acids is 1. The molecule has 150 valence electrons. The summed E-state index contributed by atoms with van der Waals surface area (Å²) in [5.74, 6) is 0.623. The number of rotatable bonds is 6. The molecule has 2 aromatic carbocycles. The van der Waals surface area contributed by atoms with E-state index in [9.17, 15) is 9.90 Å². The second-order valence-electron chi connectivity index (χ2n) is 7.25. The quantitative estimate of drug-likeness (QED) is 0.794. The van der Waals surface area contributed by atoms with Crippen molar-refractivity contribution in [1.82, 2.24) is 4.90 Å². The number of benzene rings is 2. The molecule has 0 aromatic heterocycles. The largest absolute Gasteiger partial charge is 0.491 e. The summed E-state index contributed by atoms with van der Waals surface area (Å²) in [6.45, 7) is 1.82. The molecule has 1 amide bonds. The van der Waals surface area contributed by atoms with E-state index in [0.29, 0.717) is 48.9 Å². The first kappa shape index (κ1) is 20.6. The van der Waals surface area contributed by atoms with Crippen molar-refractivity contribution < 1.29 is 19.4 Å². The van der Waals surface area contributed by atoms with Gasteiger partial charge in [0.25, 0.3) is 5.91 Å². The Bertz CT molecular complexity index is 795. The number of carbonyl (C=O) groups is 1. The molecule has 1 aliphatic heterocycles. The summed E-state index contributed by atoms with van der Waals surface area (Å²) in [6.07, 6.45) is 1.79. The summed E-state index contributed by atoms with van der Waals surface area (Å²) in [5, 5.41) is 11.5. The molecule has 1 atom stereocenters. The summed E-state index contributed by atoms with van der Waals surface area (Å²) in [5.41, 5.74) is 0.725. The van der Waals surface area contributed by atoms with E-state index < -0.39 is 5.60 Å². The van der Waals surface area contributed by atoms with E-state index in [1.165, 1.54) is 0 Å². The normalized spacial score (nSPS) is 19.9. The van der Waals surface area contributed by atoms with Crippen LogP contribution in [0.4, 0.5) is 0 Å². The molecule has 6 heteroatoms. The lowest BCUT2D eigenvalue weighted by atomic mass is 9.96. The van der Waals surface area contributed by atoms with Crippen molar-refractivity contribution in [3.05, 3.63) is 64.7 Å². The van der Waals surface area contributed by atoms with E-state index in [1.54, 1.807) is 19.2 Å². The van der Waals surface area contributed by atoms with Gasteiger partial charge in [0.2, 0.25) is 0 Å². The zero-order valence-electron chi connectivity index (χ0n) is 16.1. The maximum absolute atomic E-state index is 12.8. The zero-order valence-corrected chi connectivity index (χ0v) is 16.8. The SMILES string of the molecule is COCc1ccc(C(=O)N2CCCC(O)(COc3cccc(Cl)c3)CC2)cc1. The lowest BCUT2D eigenvalue weighted by molar-refractivity contribution is -0.0163. The van der Waals surface area contributed by atoms with E-state index in [1.807, 2.05) is 41.3 Å². The number of amides is 1. The summed E-state index contributed by atoms with van der Waals surface area (Å²) >= 11 is 5.97. The van der Waals surface area contributed by atoms with Gasteiger partial charge in [-0.05, 0) is 55.2 Å². The Hall–Kier alpha value is -2.08. The van der Waals surface area contributed by atoms with Crippen molar-refractivity contribution in [1.29, 1.82) is 0 Å². The highest BCUT2D eigenvalue weighted by molar-refractivity contribution is 6.30. The molecule has 1 saturated heterocycles. The first-order valence-corrected chi connectivity index (χ1v) is 9.85. The summed E-state index contributed by atoms with van der Waals surface area (Å²) in [6, 6.07) is 14.6. The third-order valence-electron chi connectivity index (χ3n) is 5.02. The molecule has 0 bridgehead atoms. The topological polar surface area (TPSA) is 59.0 Å². The van der Waals surface area contributed by atoms with Gasteiger partial charge in [0.05, 0.1) is 6.61 Å². The molecule has 1 fully saturated rings. The monoisotopic (exact) mass is 403 g/mol. The van der Waals surface area contributed by atoms with Gasteiger partial charge in [0.1, 0.15) is 18.0 Å². The molecule has 1 unspecified atom stereocenters. The Morgan fingerprint density at radius 3 is 2.68 bits per heavy atom. The van der Waals surface area contributed by atoms with Crippen LogP contribution in [0.2, 0.25) is 5.02 Å². The summed E-state index contributed by atoms with van der Waals surface area (Å²) < 4.78 is 10.9. The molecule has 2 aromatic rings. The Labute approximate surface area is 170 Å². The van der Waals surface area contributed by atoms with Crippen molar-refractivity contribution in [3.63, 3.8) is 0 Å². The Morgan fingerprint density at radius 1 is 1.18 bits per heavy atom. The molecule has 5 nitrogen and oxygen atoms in total. The van der Waals surface area contributed by atoms with Crippen LogP contribution in [0.3, 0.4) is 0 Å². The van der Waals surface area contributed by atoms with Crippen molar-refractivity contribution in [2.24, 2.45) is 0 Å². The molecule has 0 aliphatic carbocycles. The maximum atomic E-state index is 12.8. The number of halogens is 1. The van der Waals surface area contributed by atoms with Crippen molar-refractivity contribution in [2.45, 2.75) is 31.5 Å². The number of hydrogen-bond donors (Lipinski definition) is 1. The van der Waals surface area contributed by atoms with Gasteiger partial charge in [0, 0.05) is 30.8 Å². The standard InChI is InChI=1S/C22H26ClNO4/c1-27-15-17-6-8-18(9-7-17)21(25)24-12-3-10-22(26,11-13-24)16-28-20-5-2-4-19(23)14-20/h2,4-9,14,26H,3,10-13,15-16H2,1H3.